The van der Waals surface area contributed by atoms with Crippen molar-refractivity contribution in [1.82, 2.24) is 20.4 Å². The fraction of sp³-hybridized carbons (Fsp3) is 0.636. The molecule has 1 saturated heterocycles. The van der Waals surface area contributed by atoms with Crippen LogP contribution in [0.1, 0.15) is 29.6 Å². The van der Waals surface area contributed by atoms with E-state index in [1.807, 2.05) is 0 Å². The molecule has 0 radical (unpaired) electrons. The van der Waals surface area contributed by atoms with Crippen molar-refractivity contribution >= 4 is 34.9 Å². The van der Waals surface area contributed by atoms with Crippen LogP contribution in [0.3, 0.4) is 0 Å². The van der Waals surface area contributed by atoms with Gasteiger partial charge in [-0.2, -0.15) is 0 Å². The fourth-order valence-electron chi connectivity index (χ4n) is 1.97. The highest BCUT2D eigenvalue weighted by Crippen LogP contribution is 2.16. The number of carbonyl (C=O) groups excluding carboxylic acids is 2. The highest BCUT2D eigenvalue weighted by Gasteiger charge is 2.25. The van der Waals surface area contributed by atoms with Crippen LogP contribution in [0.15, 0.2) is 0 Å². The van der Waals surface area contributed by atoms with Crippen molar-refractivity contribution in [3.05, 3.63) is 9.47 Å². The summed E-state index contributed by atoms with van der Waals surface area (Å²) >= 11 is 6.68. The van der Waals surface area contributed by atoms with E-state index in [2.05, 4.69) is 15.5 Å². The lowest BCUT2D eigenvalue weighted by atomic mass is 10.1. The number of likely N-dealkylation sites (tertiary alicyclic amines) is 1. The molecule has 1 N–H and O–H groups in total. The van der Waals surface area contributed by atoms with Gasteiger partial charge in [0.25, 0.3) is 5.91 Å². The Hall–Kier alpha value is -1.41. The van der Waals surface area contributed by atoms with Gasteiger partial charge in [0, 0.05) is 19.1 Å². The SMILES string of the molecule is CCOC(=O)N1CCC(NC(=O)c2nnc(Cl)s2)CC1. The normalized spacial score (nSPS) is 16.0. The van der Waals surface area contributed by atoms with Crippen LogP contribution in [-0.4, -0.2) is 52.8 Å². The lowest BCUT2D eigenvalue weighted by molar-refractivity contribution is 0.0859. The number of hydrogen-bond donors (Lipinski definition) is 1. The number of halogens is 1. The van der Waals surface area contributed by atoms with E-state index in [9.17, 15) is 9.59 Å². The summed E-state index contributed by atoms with van der Waals surface area (Å²) < 4.78 is 5.18. The summed E-state index contributed by atoms with van der Waals surface area (Å²) in [5, 5.41) is 10.4. The molecule has 9 heteroatoms. The highest BCUT2D eigenvalue weighted by atomic mass is 35.5. The molecule has 0 unspecified atom stereocenters. The first kappa shape index (κ1) is 15.0. The molecule has 2 amide bonds. The van der Waals surface area contributed by atoms with Crippen molar-refractivity contribution in [3.8, 4) is 0 Å². The first-order valence-corrected chi connectivity index (χ1v) is 7.51. The van der Waals surface area contributed by atoms with E-state index >= 15 is 0 Å². The summed E-state index contributed by atoms with van der Waals surface area (Å²) in [7, 11) is 0. The molecule has 1 aliphatic rings. The topological polar surface area (TPSA) is 84.4 Å². The number of ether oxygens (including phenoxy) is 1. The second kappa shape index (κ2) is 6.85. The van der Waals surface area contributed by atoms with E-state index in [1.54, 1.807) is 11.8 Å². The van der Waals surface area contributed by atoms with Crippen molar-refractivity contribution in [3.63, 3.8) is 0 Å². The van der Waals surface area contributed by atoms with Gasteiger partial charge < -0.3 is 15.0 Å². The second-order valence-corrected chi connectivity index (χ2v) is 5.85. The first-order valence-electron chi connectivity index (χ1n) is 6.31. The van der Waals surface area contributed by atoms with Gasteiger partial charge in [0.2, 0.25) is 9.47 Å². The van der Waals surface area contributed by atoms with Crippen molar-refractivity contribution in [2.75, 3.05) is 19.7 Å². The molecule has 0 aromatic carbocycles. The maximum absolute atomic E-state index is 11.9. The van der Waals surface area contributed by atoms with Crippen molar-refractivity contribution in [2.45, 2.75) is 25.8 Å². The van der Waals surface area contributed by atoms with Crippen LogP contribution in [0.4, 0.5) is 4.79 Å². The highest BCUT2D eigenvalue weighted by molar-refractivity contribution is 7.17. The third kappa shape index (κ3) is 3.80. The van der Waals surface area contributed by atoms with E-state index in [0.717, 1.165) is 11.3 Å². The van der Waals surface area contributed by atoms with E-state index in [0.29, 0.717) is 32.5 Å². The molecule has 1 aromatic rings. The smallest absolute Gasteiger partial charge is 0.409 e. The monoisotopic (exact) mass is 318 g/mol. The predicted octanol–water partition coefficient (Wildman–Crippen LogP) is 1.54. The minimum Gasteiger partial charge on any atom is -0.450 e. The molecule has 20 heavy (non-hydrogen) atoms. The van der Waals surface area contributed by atoms with Gasteiger partial charge >= 0.3 is 6.09 Å². The molecule has 1 fully saturated rings. The first-order chi connectivity index (χ1) is 9.60. The standard InChI is InChI=1S/C11H15ClN4O3S/c1-2-19-11(18)16-5-3-7(4-6-16)13-8(17)9-14-15-10(12)20-9/h7H,2-6H2,1H3,(H,13,17). The quantitative estimate of drug-likeness (QED) is 0.914. The molecule has 110 valence electrons. The summed E-state index contributed by atoms with van der Waals surface area (Å²) in [6.07, 6.45) is 1.09. The van der Waals surface area contributed by atoms with Crippen molar-refractivity contribution in [1.29, 1.82) is 0 Å². The summed E-state index contributed by atoms with van der Waals surface area (Å²) in [5.41, 5.74) is 0. The Labute approximate surface area is 125 Å². The molecular weight excluding hydrogens is 304 g/mol. The molecule has 0 spiro atoms. The van der Waals surface area contributed by atoms with Gasteiger partial charge in [-0.15, -0.1) is 10.2 Å². The second-order valence-electron chi connectivity index (χ2n) is 4.29. The molecule has 7 nitrogen and oxygen atoms in total. The Morgan fingerprint density at radius 2 is 2.15 bits per heavy atom. The Bertz CT molecular complexity index is 488. The molecule has 0 aliphatic carbocycles. The predicted molar refractivity (Wildman–Crippen MR) is 74.0 cm³/mol. The van der Waals surface area contributed by atoms with Crippen LogP contribution < -0.4 is 5.32 Å². The van der Waals surface area contributed by atoms with E-state index in [-0.39, 0.29) is 27.5 Å². The summed E-state index contributed by atoms with van der Waals surface area (Å²) in [4.78, 5) is 25.1. The number of nitrogens with zero attached hydrogens (tertiary/aromatic N) is 3. The van der Waals surface area contributed by atoms with Crippen molar-refractivity contribution < 1.29 is 14.3 Å². The zero-order chi connectivity index (χ0) is 14.5. The average molecular weight is 319 g/mol. The molecule has 1 aromatic heterocycles. The largest absolute Gasteiger partial charge is 0.450 e. The van der Waals surface area contributed by atoms with Crippen LogP contribution >= 0.6 is 22.9 Å². The van der Waals surface area contributed by atoms with Gasteiger partial charge in [-0.25, -0.2) is 4.79 Å². The minimum absolute atomic E-state index is 0.0239. The lowest BCUT2D eigenvalue weighted by Crippen LogP contribution is -2.46. The molecule has 2 heterocycles. The van der Waals surface area contributed by atoms with Gasteiger partial charge in [0.1, 0.15) is 0 Å². The molecule has 1 aliphatic heterocycles. The Morgan fingerprint density at radius 3 is 2.70 bits per heavy atom. The summed E-state index contributed by atoms with van der Waals surface area (Å²) in [6.45, 7) is 3.28. The third-order valence-corrected chi connectivity index (χ3v) is 3.97. The van der Waals surface area contributed by atoms with Crippen LogP contribution in [-0.2, 0) is 4.74 Å². The molecule has 2 rings (SSSR count). The van der Waals surface area contributed by atoms with E-state index in [4.69, 9.17) is 16.3 Å². The molecule has 0 atom stereocenters. The van der Waals surface area contributed by atoms with E-state index < -0.39 is 0 Å². The van der Waals surface area contributed by atoms with Gasteiger partial charge in [-0.05, 0) is 31.4 Å². The number of aromatic nitrogens is 2. The third-order valence-electron chi connectivity index (χ3n) is 2.95. The lowest BCUT2D eigenvalue weighted by Gasteiger charge is -2.31. The van der Waals surface area contributed by atoms with Gasteiger partial charge in [-0.1, -0.05) is 11.3 Å². The number of rotatable bonds is 3. The zero-order valence-electron chi connectivity index (χ0n) is 11.0. The fourth-order valence-corrected chi connectivity index (χ4v) is 2.70. The number of hydrogen-bond acceptors (Lipinski definition) is 6. The van der Waals surface area contributed by atoms with Crippen LogP contribution in [0.5, 0.6) is 0 Å². The zero-order valence-corrected chi connectivity index (χ0v) is 12.5. The minimum atomic E-state index is -0.298. The Morgan fingerprint density at radius 1 is 1.45 bits per heavy atom. The number of nitrogens with one attached hydrogen (secondary N) is 1. The summed E-state index contributed by atoms with van der Waals surface area (Å²) in [6, 6.07) is 0.0239. The molecule has 0 bridgehead atoms. The number of amides is 2. The van der Waals surface area contributed by atoms with E-state index in [1.165, 1.54) is 0 Å². The number of piperidine rings is 1. The van der Waals surface area contributed by atoms with Crippen LogP contribution in [0, 0.1) is 0 Å². The van der Waals surface area contributed by atoms with Gasteiger partial charge in [0.15, 0.2) is 0 Å². The maximum atomic E-state index is 11.9. The molecule has 0 saturated carbocycles. The number of carbonyl (C=O) groups is 2. The average Bonchev–Trinajstić information content (AvgIpc) is 2.86. The van der Waals surface area contributed by atoms with Gasteiger partial charge in [-0.3, -0.25) is 4.79 Å². The summed E-state index contributed by atoms with van der Waals surface area (Å²) in [5.74, 6) is -0.274. The van der Waals surface area contributed by atoms with Crippen LogP contribution in [0.2, 0.25) is 4.47 Å². The van der Waals surface area contributed by atoms with Crippen molar-refractivity contribution in [2.24, 2.45) is 0 Å². The Balaban J connectivity index is 1.80. The molecular formula is C11H15ClN4O3S. The Kier molecular flexibility index (Phi) is 5.13. The van der Waals surface area contributed by atoms with Crippen LogP contribution in [0.25, 0.3) is 0 Å². The maximum Gasteiger partial charge on any atom is 0.409 e. The van der Waals surface area contributed by atoms with Gasteiger partial charge in [0.05, 0.1) is 6.61 Å².